The minimum atomic E-state index is -2.00. The van der Waals surface area contributed by atoms with Crippen molar-refractivity contribution in [2.45, 2.75) is 26.6 Å². The highest BCUT2D eigenvalue weighted by Crippen LogP contribution is 2.15. The van der Waals surface area contributed by atoms with Crippen molar-refractivity contribution >= 4 is 6.29 Å². The first-order chi connectivity index (χ1) is 4.90. The van der Waals surface area contributed by atoms with Gasteiger partial charge < -0.3 is 15.0 Å². The van der Waals surface area contributed by atoms with Crippen LogP contribution in [0.25, 0.3) is 0 Å². The van der Waals surface area contributed by atoms with Gasteiger partial charge in [0.1, 0.15) is 6.29 Å². The monoisotopic (exact) mass is 158 g/mol. The predicted molar refractivity (Wildman–Crippen MR) is 41.8 cm³/mol. The number of carbonyl (C=O) groups is 1. The Kier molecular flexibility index (Phi) is 3.42. The van der Waals surface area contributed by atoms with E-state index in [1.807, 2.05) is 0 Å². The fourth-order valence-electron chi connectivity index (χ4n) is 0.656. The van der Waals surface area contributed by atoms with Crippen LogP contribution in [-0.2, 0) is 4.79 Å². The van der Waals surface area contributed by atoms with Crippen molar-refractivity contribution < 1.29 is 15.0 Å². The fraction of sp³-hybridized carbons (Fsp3) is 0.625. The lowest BCUT2D eigenvalue weighted by Crippen LogP contribution is -2.34. The van der Waals surface area contributed by atoms with Gasteiger partial charge in [-0.25, -0.2) is 0 Å². The summed E-state index contributed by atoms with van der Waals surface area (Å²) in [5, 5.41) is 18.4. The van der Waals surface area contributed by atoms with Crippen LogP contribution in [0.2, 0.25) is 0 Å². The number of aldehydes is 1. The van der Waals surface area contributed by atoms with Crippen LogP contribution in [0, 0.1) is 5.92 Å². The smallest absolute Gasteiger partial charge is 0.192 e. The Morgan fingerprint density at radius 2 is 1.91 bits per heavy atom. The summed E-state index contributed by atoms with van der Waals surface area (Å²) < 4.78 is 0. The molecule has 0 aromatic carbocycles. The SMILES string of the molecule is CC(C)=CC(O)(O)C(C)C=O. The predicted octanol–water partition coefficient (Wildman–Crippen LogP) is 0.469. The molecule has 0 aliphatic rings. The Bertz CT molecular complexity index is 166. The molecule has 0 aromatic heterocycles. The van der Waals surface area contributed by atoms with E-state index in [1.165, 1.54) is 13.0 Å². The van der Waals surface area contributed by atoms with Gasteiger partial charge in [-0.15, -0.1) is 0 Å². The van der Waals surface area contributed by atoms with Crippen molar-refractivity contribution in [3.63, 3.8) is 0 Å². The highest BCUT2D eigenvalue weighted by Gasteiger charge is 2.27. The molecule has 64 valence electrons. The molecule has 0 aliphatic carbocycles. The molecule has 0 rings (SSSR count). The maximum atomic E-state index is 10.2. The first-order valence-corrected chi connectivity index (χ1v) is 3.46. The summed E-state index contributed by atoms with van der Waals surface area (Å²) in [5.41, 5.74) is 0.767. The van der Waals surface area contributed by atoms with E-state index >= 15 is 0 Å². The molecule has 11 heavy (non-hydrogen) atoms. The average Bonchev–Trinajstić information content (AvgIpc) is 1.83. The molecule has 0 amide bonds. The molecule has 0 radical (unpaired) electrons. The van der Waals surface area contributed by atoms with Crippen molar-refractivity contribution in [1.29, 1.82) is 0 Å². The molecular weight excluding hydrogens is 144 g/mol. The number of carbonyl (C=O) groups excluding carboxylic acids is 1. The number of aliphatic hydroxyl groups is 2. The minimum absolute atomic E-state index is 0.513. The maximum Gasteiger partial charge on any atom is 0.192 e. The van der Waals surface area contributed by atoms with Gasteiger partial charge in [-0.2, -0.15) is 0 Å². The second-order valence-electron chi connectivity index (χ2n) is 2.93. The van der Waals surface area contributed by atoms with E-state index in [9.17, 15) is 15.0 Å². The molecule has 0 heterocycles. The van der Waals surface area contributed by atoms with Gasteiger partial charge in [0, 0.05) is 0 Å². The fourth-order valence-corrected chi connectivity index (χ4v) is 0.656. The zero-order valence-corrected chi connectivity index (χ0v) is 7.03. The van der Waals surface area contributed by atoms with E-state index in [2.05, 4.69) is 0 Å². The van der Waals surface area contributed by atoms with Crippen molar-refractivity contribution in [1.82, 2.24) is 0 Å². The van der Waals surface area contributed by atoms with Crippen molar-refractivity contribution in [3.05, 3.63) is 11.6 Å². The molecule has 1 atom stereocenters. The van der Waals surface area contributed by atoms with Crippen LogP contribution in [0.4, 0.5) is 0 Å². The molecule has 2 N–H and O–H groups in total. The summed E-state index contributed by atoms with van der Waals surface area (Å²) in [7, 11) is 0. The van der Waals surface area contributed by atoms with Gasteiger partial charge in [0.25, 0.3) is 0 Å². The van der Waals surface area contributed by atoms with E-state index in [-0.39, 0.29) is 0 Å². The third kappa shape index (κ3) is 3.30. The van der Waals surface area contributed by atoms with Crippen LogP contribution < -0.4 is 0 Å². The van der Waals surface area contributed by atoms with Crippen LogP contribution in [0.1, 0.15) is 20.8 Å². The number of hydrogen-bond acceptors (Lipinski definition) is 3. The van der Waals surface area contributed by atoms with Crippen molar-refractivity contribution in [3.8, 4) is 0 Å². The van der Waals surface area contributed by atoms with Crippen LogP contribution in [-0.4, -0.2) is 22.3 Å². The van der Waals surface area contributed by atoms with Gasteiger partial charge in [0.15, 0.2) is 5.79 Å². The largest absolute Gasteiger partial charge is 0.362 e. The van der Waals surface area contributed by atoms with E-state index in [1.54, 1.807) is 13.8 Å². The Hall–Kier alpha value is -0.670. The zero-order valence-electron chi connectivity index (χ0n) is 7.03. The molecule has 3 nitrogen and oxygen atoms in total. The Morgan fingerprint density at radius 3 is 2.18 bits per heavy atom. The topological polar surface area (TPSA) is 57.5 Å². The Labute approximate surface area is 66.4 Å². The molecule has 0 saturated heterocycles. The quantitative estimate of drug-likeness (QED) is 0.356. The van der Waals surface area contributed by atoms with Crippen molar-refractivity contribution in [2.75, 3.05) is 0 Å². The first-order valence-electron chi connectivity index (χ1n) is 3.46. The van der Waals surface area contributed by atoms with Gasteiger partial charge in [0.2, 0.25) is 0 Å². The van der Waals surface area contributed by atoms with Crippen LogP contribution in [0.3, 0.4) is 0 Å². The van der Waals surface area contributed by atoms with Gasteiger partial charge in [-0.3, -0.25) is 0 Å². The second-order valence-corrected chi connectivity index (χ2v) is 2.93. The Morgan fingerprint density at radius 1 is 1.45 bits per heavy atom. The molecule has 0 spiro atoms. The van der Waals surface area contributed by atoms with Crippen molar-refractivity contribution in [2.24, 2.45) is 5.92 Å². The maximum absolute atomic E-state index is 10.2. The standard InChI is InChI=1S/C8H14O3/c1-6(2)4-8(10,11)7(3)5-9/h4-5,7,10-11H,1-3H3. The molecule has 0 bridgehead atoms. The Balaban J connectivity index is 4.45. The summed E-state index contributed by atoms with van der Waals surface area (Å²) in [6, 6.07) is 0. The zero-order chi connectivity index (χ0) is 9.07. The summed E-state index contributed by atoms with van der Waals surface area (Å²) in [6.07, 6.45) is 1.77. The van der Waals surface area contributed by atoms with E-state index < -0.39 is 11.7 Å². The van der Waals surface area contributed by atoms with Gasteiger partial charge in [-0.05, 0) is 19.9 Å². The molecule has 1 unspecified atom stereocenters. The second kappa shape index (κ2) is 3.64. The minimum Gasteiger partial charge on any atom is -0.362 e. The summed E-state index contributed by atoms with van der Waals surface area (Å²) >= 11 is 0. The third-order valence-electron chi connectivity index (χ3n) is 1.38. The van der Waals surface area contributed by atoms with Crippen LogP contribution in [0.5, 0.6) is 0 Å². The van der Waals surface area contributed by atoms with Gasteiger partial charge in [0.05, 0.1) is 5.92 Å². The van der Waals surface area contributed by atoms with E-state index in [0.717, 1.165) is 5.57 Å². The molecule has 0 aliphatic heterocycles. The number of rotatable bonds is 3. The molecule has 3 heteroatoms. The lowest BCUT2D eigenvalue weighted by atomic mass is 10.0. The van der Waals surface area contributed by atoms with Crippen LogP contribution >= 0.6 is 0 Å². The van der Waals surface area contributed by atoms with E-state index in [0.29, 0.717) is 6.29 Å². The van der Waals surface area contributed by atoms with Gasteiger partial charge >= 0.3 is 0 Å². The highest BCUT2D eigenvalue weighted by molar-refractivity contribution is 5.55. The average molecular weight is 158 g/mol. The molecule has 0 fully saturated rings. The molecule has 0 aromatic rings. The normalized spacial score (nSPS) is 13.9. The van der Waals surface area contributed by atoms with Gasteiger partial charge in [-0.1, -0.05) is 12.5 Å². The lowest BCUT2D eigenvalue weighted by molar-refractivity contribution is -0.160. The summed E-state index contributed by atoms with van der Waals surface area (Å²) in [5.74, 6) is -2.79. The lowest BCUT2D eigenvalue weighted by Gasteiger charge is -2.21. The highest BCUT2D eigenvalue weighted by atomic mass is 16.5. The summed E-state index contributed by atoms with van der Waals surface area (Å²) in [6.45, 7) is 4.92. The van der Waals surface area contributed by atoms with Crippen LogP contribution in [0.15, 0.2) is 11.6 Å². The number of allylic oxidation sites excluding steroid dienone is 1. The van der Waals surface area contributed by atoms with E-state index in [4.69, 9.17) is 0 Å². The third-order valence-corrected chi connectivity index (χ3v) is 1.38. The molecule has 0 saturated carbocycles. The summed E-state index contributed by atoms with van der Waals surface area (Å²) in [4.78, 5) is 10.2. The first kappa shape index (κ1) is 10.3. The molecular formula is C8H14O3. The number of hydrogen-bond donors (Lipinski definition) is 2.